The second-order valence-electron chi connectivity index (χ2n) is 4.14. The summed E-state index contributed by atoms with van der Waals surface area (Å²) in [7, 11) is 0. The standard InChI is InChI=1S/C15H13FN2/c1-11-3-2-4-12(7-11)10-18-15-6-5-14(16)8-13(15)9-17/h2-8,18H,10H2,1H3. The van der Waals surface area contributed by atoms with Crippen LogP contribution < -0.4 is 5.32 Å². The molecular formula is C15H13FN2. The van der Waals surface area contributed by atoms with Crippen LogP contribution in [0.2, 0.25) is 0 Å². The second-order valence-corrected chi connectivity index (χ2v) is 4.14. The number of benzene rings is 2. The van der Waals surface area contributed by atoms with Crippen molar-refractivity contribution in [2.24, 2.45) is 0 Å². The van der Waals surface area contributed by atoms with Gasteiger partial charge in [-0.3, -0.25) is 0 Å². The van der Waals surface area contributed by atoms with Gasteiger partial charge in [-0.05, 0) is 30.7 Å². The number of aryl methyl sites for hydroxylation is 1. The number of rotatable bonds is 3. The van der Waals surface area contributed by atoms with Crippen LogP contribution in [0.3, 0.4) is 0 Å². The number of nitrogens with one attached hydrogen (secondary N) is 1. The van der Waals surface area contributed by atoms with Gasteiger partial charge in [-0.1, -0.05) is 29.8 Å². The molecule has 2 aromatic carbocycles. The third kappa shape index (κ3) is 2.86. The fourth-order valence-corrected chi connectivity index (χ4v) is 1.78. The smallest absolute Gasteiger partial charge is 0.124 e. The third-order valence-corrected chi connectivity index (χ3v) is 2.67. The van der Waals surface area contributed by atoms with Crippen molar-refractivity contribution in [2.75, 3.05) is 5.32 Å². The Morgan fingerprint density at radius 3 is 2.78 bits per heavy atom. The predicted molar refractivity (Wildman–Crippen MR) is 69.6 cm³/mol. The van der Waals surface area contributed by atoms with Gasteiger partial charge in [0.2, 0.25) is 0 Å². The highest BCUT2D eigenvalue weighted by atomic mass is 19.1. The highest BCUT2D eigenvalue weighted by molar-refractivity contribution is 5.57. The molecule has 0 aliphatic heterocycles. The zero-order valence-electron chi connectivity index (χ0n) is 10.1. The summed E-state index contributed by atoms with van der Waals surface area (Å²) in [4.78, 5) is 0. The normalized spacial score (nSPS) is 9.83. The van der Waals surface area contributed by atoms with E-state index in [1.54, 1.807) is 6.07 Å². The van der Waals surface area contributed by atoms with Crippen LogP contribution in [0.5, 0.6) is 0 Å². The zero-order chi connectivity index (χ0) is 13.0. The molecular weight excluding hydrogens is 227 g/mol. The molecule has 0 bridgehead atoms. The molecule has 2 nitrogen and oxygen atoms in total. The molecule has 1 N–H and O–H groups in total. The number of hydrogen-bond acceptors (Lipinski definition) is 2. The minimum absolute atomic E-state index is 0.322. The van der Waals surface area contributed by atoms with Gasteiger partial charge in [0.05, 0.1) is 11.3 Å². The molecule has 0 aliphatic rings. The Kier molecular flexibility index (Phi) is 3.59. The van der Waals surface area contributed by atoms with Crippen molar-refractivity contribution in [3.05, 3.63) is 65.0 Å². The Morgan fingerprint density at radius 2 is 2.06 bits per heavy atom. The van der Waals surface area contributed by atoms with Gasteiger partial charge in [0, 0.05) is 6.54 Å². The zero-order valence-corrected chi connectivity index (χ0v) is 10.1. The molecule has 0 saturated heterocycles. The van der Waals surface area contributed by atoms with E-state index in [1.807, 2.05) is 31.2 Å². The van der Waals surface area contributed by atoms with Crippen molar-refractivity contribution in [2.45, 2.75) is 13.5 Å². The van der Waals surface area contributed by atoms with Crippen molar-refractivity contribution < 1.29 is 4.39 Å². The van der Waals surface area contributed by atoms with E-state index in [-0.39, 0.29) is 0 Å². The lowest BCUT2D eigenvalue weighted by Crippen LogP contribution is -2.01. The van der Waals surface area contributed by atoms with Gasteiger partial charge in [0.1, 0.15) is 11.9 Å². The Morgan fingerprint density at radius 1 is 1.22 bits per heavy atom. The van der Waals surface area contributed by atoms with Crippen LogP contribution in [0.25, 0.3) is 0 Å². The van der Waals surface area contributed by atoms with Crippen LogP contribution in [0, 0.1) is 24.1 Å². The fourth-order valence-electron chi connectivity index (χ4n) is 1.78. The molecule has 90 valence electrons. The lowest BCUT2D eigenvalue weighted by Gasteiger charge is -2.08. The van der Waals surface area contributed by atoms with Crippen molar-refractivity contribution in [3.63, 3.8) is 0 Å². The molecule has 18 heavy (non-hydrogen) atoms. The summed E-state index contributed by atoms with van der Waals surface area (Å²) >= 11 is 0. The van der Waals surface area contributed by atoms with Gasteiger partial charge in [-0.25, -0.2) is 4.39 Å². The molecule has 0 aromatic heterocycles. The molecule has 2 aromatic rings. The third-order valence-electron chi connectivity index (χ3n) is 2.67. The number of nitriles is 1. The highest BCUT2D eigenvalue weighted by Gasteiger charge is 2.03. The van der Waals surface area contributed by atoms with Gasteiger partial charge in [-0.15, -0.1) is 0 Å². The maximum atomic E-state index is 13.0. The number of nitrogens with zero attached hydrogens (tertiary/aromatic N) is 1. The Balaban J connectivity index is 2.14. The maximum Gasteiger partial charge on any atom is 0.124 e. The van der Waals surface area contributed by atoms with Gasteiger partial charge in [-0.2, -0.15) is 5.26 Å². The Hall–Kier alpha value is -2.34. The monoisotopic (exact) mass is 240 g/mol. The minimum Gasteiger partial charge on any atom is -0.380 e. The van der Waals surface area contributed by atoms with E-state index in [1.165, 1.54) is 17.7 Å². The van der Waals surface area contributed by atoms with Gasteiger partial charge >= 0.3 is 0 Å². The molecule has 0 heterocycles. The van der Waals surface area contributed by atoms with Crippen molar-refractivity contribution in [1.82, 2.24) is 0 Å². The van der Waals surface area contributed by atoms with Crippen molar-refractivity contribution in [1.29, 1.82) is 5.26 Å². The topological polar surface area (TPSA) is 35.8 Å². The fraction of sp³-hybridized carbons (Fsp3) is 0.133. The summed E-state index contributed by atoms with van der Waals surface area (Å²) in [6.07, 6.45) is 0. The van der Waals surface area contributed by atoms with Crippen LogP contribution in [0.15, 0.2) is 42.5 Å². The average molecular weight is 240 g/mol. The predicted octanol–water partition coefficient (Wildman–Crippen LogP) is 3.62. The van der Waals surface area contributed by atoms with E-state index >= 15 is 0 Å². The van der Waals surface area contributed by atoms with Gasteiger partial charge < -0.3 is 5.32 Å². The Labute approximate surface area is 106 Å². The molecule has 0 radical (unpaired) electrons. The van der Waals surface area contributed by atoms with E-state index < -0.39 is 5.82 Å². The molecule has 0 unspecified atom stereocenters. The summed E-state index contributed by atoms with van der Waals surface area (Å²) in [5.41, 5.74) is 3.29. The van der Waals surface area contributed by atoms with E-state index in [9.17, 15) is 4.39 Å². The Bertz CT molecular complexity index is 600. The number of anilines is 1. The first-order valence-corrected chi connectivity index (χ1v) is 5.68. The SMILES string of the molecule is Cc1cccc(CNc2ccc(F)cc2C#N)c1. The quantitative estimate of drug-likeness (QED) is 0.889. The number of hydrogen-bond donors (Lipinski definition) is 1. The molecule has 0 aliphatic carbocycles. The summed E-state index contributed by atoms with van der Waals surface area (Å²) in [5.74, 6) is -0.396. The summed E-state index contributed by atoms with van der Waals surface area (Å²) in [6.45, 7) is 2.64. The maximum absolute atomic E-state index is 13.0. The highest BCUT2D eigenvalue weighted by Crippen LogP contribution is 2.17. The van der Waals surface area contributed by atoms with Gasteiger partial charge in [0.25, 0.3) is 0 Å². The van der Waals surface area contributed by atoms with Crippen molar-refractivity contribution in [3.8, 4) is 6.07 Å². The molecule has 0 saturated carbocycles. The summed E-state index contributed by atoms with van der Waals surface area (Å²) in [5, 5.41) is 12.1. The molecule has 0 amide bonds. The first-order chi connectivity index (χ1) is 8.69. The number of halogens is 1. The van der Waals surface area contributed by atoms with Crippen LogP contribution >= 0.6 is 0 Å². The molecule has 0 atom stereocenters. The van der Waals surface area contributed by atoms with E-state index in [0.29, 0.717) is 17.8 Å². The average Bonchev–Trinajstić information content (AvgIpc) is 2.37. The summed E-state index contributed by atoms with van der Waals surface area (Å²) in [6, 6.07) is 14.2. The first kappa shape index (κ1) is 12.1. The van der Waals surface area contributed by atoms with E-state index in [4.69, 9.17) is 5.26 Å². The molecule has 0 fully saturated rings. The molecule has 0 spiro atoms. The molecule has 3 heteroatoms. The second kappa shape index (κ2) is 5.33. The first-order valence-electron chi connectivity index (χ1n) is 5.68. The van der Waals surface area contributed by atoms with Crippen LogP contribution in [-0.2, 0) is 6.54 Å². The van der Waals surface area contributed by atoms with Gasteiger partial charge in [0.15, 0.2) is 0 Å². The van der Waals surface area contributed by atoms with Crippen LogP contribution in [0.4, 0.5) is 10.1 Å². The summed E-state index contributed by atoms with van der Waals surface area (Å²) < 4.78 is 13.0. The van der Waals surface area contributed by atoms with Crippen LogP contribution in [-0.4, -0.2) is 0 Å². The largest absolute Gasteiger partial charge is 0.380 e. The van der Waals surface area contributed by atoms with E-state index in [0.717, 1.165) is 5.56 Å². The van der Waals surface area contributed by atoms with Crippen molar-refractivity contribution >= 4 is 5.69 Å². The lowest BCUT2D eigenvalue weighted by molar-refractivity contribution is 0.627. The molecule has 2 rings (SSSR count). The van der Waals surface area contributed by atoms with E-state index in [2.05, 4.69) is 11.4 Å². The minimum atomic E-state index is -0.396. The lowest BCUT2D eigenvalue weighted by atomic mass is 10.1. The van der Waals surface area contributed by atoms with Crippen LogP contribution in [0.1, 0.15) is 16.7 Å².